The Morgan fingerprint density at radius 2 is 1.65 bits per heavy atom. The molecule has 23 heavy (non-hydrogen) atoms. The number of benzene rings is 3. The third kappa shape index (κ3) is 3.72. The Morgan fingerprint density at radius 3 is 2.48 bits per heavy atom. The minimum Gasteiger partial charge on any atom is -0.493 e. The normalized spacial score (nSPS) is 17.4. The molecule has 2 heteroatoms. The summed E-state index contributed by atoms with van der Waals surface area (Å²) in [6.45, 7) is -5.37. The largest absolute Gasteiger partial charge is 0.493 e. The van der Waals surface area contributed by atoms with Crippen LogP contribution in [0.1, 0.15) is 26.3 Å². The zero-order valence-corrected chi connectivity index (χ0v) is 12.8. The second kappa shape index (κ2) is 7.30. The average molecular weight is 311 g/mol. The van der Waals surface area contributed by atoms with E-state index in [1.54, 1.807) is 24.3 Å². The van der Waals surface area contributed by atoms with Gasteiger partial charge in [-0.3, -0.25) is 0 Å². The minimum atomic E-state index is -2.77. The van der Waals surface area contributed by atoms with Gasteiger partial charge in [-0.1, -0.05) is 66.7 Å². The van der Waals surface area contributed by atoms with E-state index in [1.807, 2.05) is 48.5 Å². The summed E-state index contributed by atoms with van der Waals surface area (Å²) in [5, 5.41) is 1.99. The molecular formula is C21H23NO. The number of hydrogen-bond acceptors (Lipinski definition) is 2. The predicted octanol–water partition coefficient (Wildman–Crippen LogP) is 4.91. The number of rotatable bonds is 6. The molecule has 0 radical (unpaired) electrons. The lowest BCUT2D eigenvalue weighted by atomic mass is 10.0. The Balaban J connectivity index is 1.86. The van der Waals surface area contributed by atoms with Crippen molar-refractivity contribution in [3.8, 4) is 5.75 Å². The Bertz CT molecular complexity index is 920. The van der Waals surface area contributed by atoms with Gasteiger partial charge < -0.3 is 9.64 Å². The second-order valence-corrected chi connectivity index (χ2v) is 5.41. The maximum atomic E-state index is 7.79. The van der Waals surface area contributed by atoms with Gasteiger partial charge in [-0.2, -0.15) is 0 Å². The molecule has 0 saturated heterocycles. The molecule has 118 valence electrons. The van der Waals surface area contributed by atoms with Gasteiger partial charge in [0.2, 0.25) is 0 Å². The lowest BCUT2D eigenvalue weighted by molar-refractivity contribution is 0.225. The summed E-state index contributed by atoms with van der Waals surface area (Å²) in [5.74, 6) is 0.684. The Hall–Kier alpha value is -2.32. The van der Waals surface area contributed by atoms with Gasteiger partial charge in [0, 0.05) is 26.1 Å². The fourth-order valence-corrected chi connectivity index (χ4v) is 2.72. The molecule has 1 atom stereocenters. The van der Waals surface area contributed by atoms with Crippen LogP contribution in [0.3, 0.4) is 0 Å². The predicted molar refractivity (Wildman–Crippen MR) is 96.9 cm³/mol. The molecule has 0 amide bonds. The minimum absolute atomic E-state index is 0.177. The molecule has 2 nitrogen and oxygen atoms in total. The Kier molecular flexibility index (Phi) is 3.09. The van der Waals surface area contributed by atoms with Crippen molar-refractivity contribution in [2.75, 3.05) is 20.6 Å². The van der Waals surface area contributed by atoms with Crippen LogP contribution in [0.2, 0.25) is 0 Å². The van der Waals surface area contributed by atoms with Crippen molar-refractivity contribution in [1.82, 2.24) is 4.90 Å². The molecule has 1 unspecified atom stereocenters. The fourth-order valence-electron chi connectivity index (χ4n) is 2.72. The number of hydrogen-bond donors (Lipinski definition) is 0. The monoisotopic (exact) mass is 311 g/mol. The molecule has 0 heterocycles. The zero-order valence-electron chi connectivity index (χ0n) is 18.8. The lowest BCUT2D eigenvalue weighted by Gasteiger charge is -2.25. The van der Waals surface area contributed by atoms with Crippen LogP contribution in [0.25, 0.3) is 10.8 Å². The highest BCUT2D eigenvalue weighted by atomic mass is 16.5. The Morgan fingerprint density at radius 1 is 0.913 bits per heavy atom. The summed E-state index contributed by atoms with van der Waals surface area (Å²) < 4.78 is 52.7. The summed E-state index contributed by atoms with van der Waals surface area (Å²) in [7, 11) is 0. The maximum Gasteiger partial charge on any atom is 0.127 e. The summed E-state index contributed by atoms with van der Waals surface area (Å²) in [5.41, 5.74) is 0.626. The van der Waals surface area contributed by atoms with Crippen LogP contribution >= 0.6 is 0 Å². The number of nitrogens with zero attached hydrogens (tertiary/aromatic N) is 1. The zero-order chi connectivity index (χ0) is 21.1. The molecule has 0 aliphatic heterocycles. The van der Waals surface area contributed by atoms with Gasteiger partial charge in [0.15, 0.2) is 0 Å². The van der Waals surface area contributed by atoms with Crippen molar-refractivity contribution in [2.45, 2.75) is 12.5 Å². The van der Waals surface area contributed by atoms with Crippen LogP contribution in [-0.2, 0) is 0 Å². The molecule has 0 N–H and O–H groups in total. The summed E-state index contributed by atoms with van der Waals surface area (Å²) in [6, 6.07) is 21.5. The molecule has 0 aliphatic rings. The molecule has 0 bridgehead atoms. The molecule has 0 aromatic heterocycles. The molecule has 3 rings (SSSR count). The van der Waals surface area contributed by atoms with Gasteiger partial charge in [-0.25, -0.2) is 0 Å². The van der Waals surface area contributed by atoms with Crippen molar-refractivity contribution < 1.29 is 13.0 Å². The van der Waals surface area contributed by atoms with Crippen LogP contribution in [0.4, 0.5) is 0 Å². The van der Waals surface area contributed by atoms with Crippen molar-refractivity contribution >= 4 is 10.8 Å². The fraction of sp³-hybridized carbons (Fsp3) is 0.238. The van der Waals surface area contributed by atoms with Gasteiger partial charge in [-0.15, -0.1) is 0 Å². The van der Waals surface area contributed by atoms with Crippen molar-refractivity contribution in [1.29, 1.82) is 0 Å². The van der Waals surface area contributed by atoms with E-state index < -0.39 is 20.0 Å². The third-order valence-electron chi connectivity index (χ3n) is 3.89. The van der Waals surface area contributed by atoms with E-state index in [9.17, 15) is 0 Å². The number of fused-ring (bicyclic) bond motifs is 1. The molecule has 0 saturated carbocycles. The third-order valence-corrected chi connectivity index (χ3v) is 3.89. The average Bonchev–Trinajstić information content (AvgIpc) is 2.66. The van der Waals surface area contributed by atoms with Crippen LogP contribution < -0.4 is 4.74 Å². The van der Waals surface area contributed by atoms with Crippen LogP contribution in [0.5, 0.6) is 5.75 Å². The van der Waals surface area contributed by atoms with Crippen LogP contribution in [0.15, 0.2) is 72.8 Å². The van der Waals surface area contributed by atoms with Gasteiger partial charge in [0.25, 0.3) is 0 Å². The van der Waals surface area contributed by atoms with E-state index in [4.69, 9.17) is 13.0 Å². The van der Waals surface area contributed by atoms with Crippen LogP contribution in [0, 0.1) is 0 Å². The van der Waals surface area contributed by atoms with E-state index in [0.717, 1.165) is 10.8 Å². The van der Waals surface area contributed by atoms with Gasteiger partial charge in [-0.05, 0) is 31.0 Å². The smallest absolute Gasteiger partial charge is 0.127 e. The first-order valence-electron chi connectivity index (χ1n) is 10.6. The quantitative estimate of drug-likeness (QED) is 0.641. The molecular weight excluding hydrogens is 282 g/mol. The van der Waals surface area contributed by atoms with Crippen molar-refractivity contribution in [3.63, 3.8) is 0 Å². The molecule has 3 aromatic carbocycles. The second-order valence-electron chi connectivity index (χ2n) is 5.41. The van der Waals surface area contributed by atoms with E-state index in [0.29, 0.717) is 16.2 Å². The van der Waals surface area contributed by atoms with E-state index in [1.165, 1.54) is 0 Å². The van der Waals surface area contributed by atoms with E-state index in [-0.39, 0.29) is 13.0 Å². The maximum absolute atomic E-state index is 7.79. The number of ether oxygens (including phenoxy) is 1. The highest BCUT2D eigenvalue weighted by Gasteiger charge is 2.14. The first-order chi connectivity index (χ1) is 13.7. The van der Waals surface area contributed by atoms with Gasteiger partial charge >= 0.3 is 0 Å². The summed E-state index contributed by atoms with van der Waals surface area (Å²) in [4.78, 5) is 0.627. The van der Waals surface area contributed by atoms with Crippen LogP contribution in [-0.4, -0.2) is 25.5 Å². The highest BCUT2D eigenvalue weighted by molar-refractivity contribution is 5.88. The molecule has 0 fully saturated rings. The summed E-state index contributed by atoms with van der Waals surface area (Å²) >= 11 is 0. The molecule has 0 spiro atoms. The van der Waals surface area contributed by atoms with Gasteiger partial charge in [0.05, 0.1) is 6.61 Å². The SMILES string of the molecule is [2H]C([2H])([2H])N(C(CCOc1cccc2ccccc12)c1ccccc1)C([2H])([2H])[2H]. The first-order valence-corrected chi connectivity index (χ1v) is 7.63. The van der Waals surface area contributed by atoms with Crippen molar-refractivity contribution in [2.24, 2.45) is 0 Å². The van der Waals surface area contributed by atoms with E-state index >= 15 is 0 Å². The van der Waals surface area contributed by atoms with Crippen molar-refractivity contribution in [3.05, 3.63) is 78.4 Å². The lowest BCUT2D eigenvalue weighted by Crippen LogP contribution is -2.22. The van der Waals surface area contributed by atoms with Gasteiger partial charge in [0.1, 0.15) is 5.75 Å². The standard InChI is InChI=1S/C21H23NO/c1-22(2)20(18-10-4-3-5-11-18)15-16-23-21-14-8-12-17-9-6-7-13-19(17)21/h3-14,20H,15-16H2,1-2H3/i1D3,2D3. The summed E-state index contributed by atoms with van der Waals surface area (Å²) in [6.07, 6.45) is 0.212. The van der Waals surface area contributed by atoms with E-state index in [2.05, 4.69) is 0 Å². The molecule has 3 aromatic rings. The Labute approximate surface area is 146 Å². The first kappa shape index (κ1) is 9.74. The molecule has 0 aliphatic carbocycles. The topological polar surface area (TPSA) is 12.5 Å². The highest BCUT2D eigenvalue weighted by Crippen LogP contribution is 2.27.